The fraction of sp³-hybridized carbons (Fsp3) is 0.500. The summed E-state index contributed by atoms with van der Waals surface area (Å²) in [5.41, 5.74) is 3.15. The van der Waals surface area contributed by atoms with Crippen LogP contribution in [0.5, 0.6) is 11.5 Å². The smallest absolute Gasteiger partial charge is 0.225 e. The van der Waals surface area contributed by atoms with Gasteiger partial charge >= 0.3 is 0 Å². The first-order chi connectivity index (χ1) is 14.7. The molecule has 0 aliphatic heterocycles. The highest BCUT2D eigenvalue weighted by Gasteiger charge is 2.22. The fourth-order valence-corrected chi connectivity index (χ4v) is 3.32. The predicted octanol–water partition coefficient (Wildman–Crippen LogP) is 3.65. The number of phenols is 1. The molecule has 1 atom stereocenters. The number of nitrogens with zero attached hydrogens (tertiary/aromatic N) is 4. The number of phenolic OH excluding ortho intramolecular Hbond substituents is 1. The predicted molar refractivity (Wildman–Crippen MR) is 122 cm³/mol. The van der Waals surface area contributed by atoms with Crippen LogP contribution in [0.25, 0.3) is 11.0 Å². The molecule has 3 rings (SSSR count). The number of rotatable bonds is 9. The molecular formula is C22H32N6O3. The van der Waals surface area contributed by atoms with E-state index in [1.165, 1.54) is 7.11 Å². The standard InChI is InChI=1S/C22H32N6O3/c1-12(2)17-18-19(28(27-17)13(3)4)21(26-22(25-18)24-10-14(5)29)23-11-15-8-7-9-16(31-6)20(15)30/h7-9,12-14,29-30H,10-11H2,1-6H3,(H2,23,24,25,26). The number of hydrogen-bond donors (Lipinski definition) is 4. The van der Waals surface area contributed by atoms with Crippen molar-refractivity contribution in [3.05, 3.63) is 29.5 Å². The van der Waals surface area contributed by atoms with Crippen LogP contribution in [-0.4, -0.2) is 49.7 Å². The Labute approximate surface area is 182 Å². The van der Waals surface area contributed by atoms with E-state index in [4.69, 9.17) is 14.8 Å². The van der Waals surface area contributed by atoms with E-state index in [2.05, 4.69) is 43.3 Å². The molecule has 0 bridgehead atoms. The molecule has 1 aromatic carbocycles. The summed E-state index contributed by atoms with van der Waals surface area (Å²) < 4.78 is 7.14. The van der Waals surface area contributed by atoms with Crippen LogP contribution < -0.4 is 15.4 Å². The minimum atomic E-state index is -0.535. The molecular weight excluding hydrogens is 396 g/mol. The van der Waals surface area contributed by atoms with Crippen LogP contribution in [0.1, 0.15) is 57.8 Å². The summed E-state index contributed by atoms with van der Waals surface area (Å²) in [5, 5.41) is 31.3. The van der Waals surface area contributed by atoms with Crippen molar-refractivity contribution in [1.29, 1.82) is 0 Å². The van der Waals surface area contributed by atoms with Gasteiger partial charge in [0.2, 0.25) is 5.95 Å². The average molecular weight is 429 g/mol. The summed E-state index contributed by atoms with van der Waals surface area (Å²) in [6.07, 6.45) is -0.535. The zero-order chi connectivity index (χ0) is 22.7. The molecule has 1 unspecified atom stereocenters. The Morgan fingerprint density at radius 2 is 1.84 bits per heavy atom. The van der Waals surface area contributed by atoms with Gasteiger partial charge in [0.25, 0.3) is 0 Å². The monoisotopic (exact) mass is 428 g/mol. The van der Waals surface area contributed by atoms with Crippen LogP contribution in [0.15, 0.2) is 18.2 Å². The number of ether oxygens (including phenoxy) is 1. The molecule has 3 aromatic rings. The summed E-state index contributed by atoms with van der Waals surface area (Å²) in [7, 11) is 1.52. The van der Waals surface area contributed by atoms with Crippen LogP contribution in [0.4, 0.5) is 11.8 Å². The number of aromatic hydroxyl groups is 1. The topological polar surface area (TPSA) is 117 Å². The average Bonchev–Trinajstić information content (AvgIpc) is 3.11. The third-order valence-corrected chi connectivity index (χ3v) is 4.91. The number of aliphatic hydroxyl groups excluding tert-OH is 1. The minimum absolute atomic E-state index is 0.0930. The Morgan fingerprint density at radius 1 is 1.10 bits per heavy atom. The van der Waals surface area contributed by atoms with Crippen LogP contribution >= 0.6 is 0 Å². The minimum Gasteiger partial charge on any atom is -0.504 e. The second-order valence-corrected chi connectivity index (χ2v) is 8.22. The number of para-hydroxylation sites is 1. The van der Waals surface area contributed by atoms with E-state index in [0.717, 1.165) is 16.7 Å². The molecule has 0 spiro atoms. The maximum Gasteiger partial charge on any atom is 0.225 e. The lowest BCUT2D eigenvalue weighted by molar-refractivity contribution is 0.208. The van der Waals surface area contributed by atoms with E-state index >= 15 is 0 Å². The number of aromatic nitrogens is 4. The van der Waals surface area contributed by atoms with Crippen LogP contribution in [0.3, 0.4) is 0 Å². The number of nitrogens with one attached hydrogen (secondary N) is 2. The lowest BCUT2D eigenvalue weighted by Crippen LogP contribution is -2.18. The van der Waals surface area contributed by atoms with Gasteiger partial charge < -0.3 is 25.6 Å². The van der Waals surface area contributed by atoms with Crippen molar-refractivity contribution in [2.75, 3.05) is 24.3 Å². The lowest BCUT2D eigenvalue weighted by atomic mass is 10.1. The molecule has 0 aliphatic rings. The number of anilines is 2. The van der Waals surface area contributed by atoms with Gasteiger partial charge in [0.15, 0.2) is 17.3 Å². The van der Waals surface area contributed by atoms with E-state index in [1.807, 2.05) is 16.8 Å². The van der Waals surface area contributed by atoms with Crippen molar-refractivity contribution in [3.63, 3.8) is 0 Å². The molecule has 0 fully saturated rings. The van der Waals surface area contributed by atoms with Gasteiger partial charge in [-0.3, -0.25) is 4.68 Å². The molecule has 2 aromatic heterocycles. The van der Waals surface area contributed by atoms with Gasteiger partial charge in [-0.2, -0.15) is 10.1 Å². The lowest BCUT2D eigenvalue weighted by Gasteiger charge is -2.15. The second-order valence-electron chi connectivity index (χ2n) is 8.22. The molecule has 4 N–H and O–H groups in total. The van der Waals surface area contributed by atoms with Gasteiger partial charge in [-0.1, -0.05) is 26.0 Å². The Hall–Kier alpha value is -3.07. The van der Waals surface area contributed by atoms with E-state index in [-0.39, 0.29) is 17.7 Å². The third kappa shape index (κ3) is 4.82. The van der Waals surface area contributed by atoms with E-state index in [1.54, 1.807) is 13.0 Å². The third-order valence-electron chi connectivity index (χ3n) is 4.91. The molecule has 168 valence electrons. The van der Waals surface area contributed by atoms with Gasteiger partial charge in [-0.25, -0.2) is 4.98 Å². The van der Waals surface area contributed by atoms with Crippen molar-refractivity contribution < 1.29 is 14.9 Å². The molecule has 0 saturated carbocycles. The van der Waals surface area contributed by atoms with Crippen molar-refractivity contribution >= 4 is 22.8 Å². The molecule has 2 heterocycles. The first-order valence-corrected chi connectivity index (χ1v) is 10.5. The molecule has 31 heavy (non-hydrogen) atoms. The van der Waals surface area contributed by atoms with E-state index in [9.17, 15) is 10.2 Å². The zero-order valence-corrected chi connectivity index (χ0v) is 19.0. The Balaban J connectivity index is 2.08. The van der Waals surface area contributed by atoms with Gasteiger partial charge in [-0.15, -0.1) is 0 Å². The summed E-state index contributed by atoms with van der Waals surface area (Å²) in [6.45, 7) is 10.7. The van der Waals surface area contributed by atoms with E-state index in [0.29, 0.717) is 36.2 Å². The van der Waals surface area contributed by atoms with Crippen molar-refractivity contribution in [2.45, 2.75) is 59.2 Å². The van der Waals surface area contributed by atoms with Gasteiger partial charge in [0.05, 0.1) is 18.9 Å². The van der Waals surface area contributed by atoms with Gasteiger partial charge in [0, 0.05) is 24.7 Å². The number of methoxy groups -OCH3 is 1. The Kier molecular flexibility index (Phi) is 6.84. The SMILES string of the molecule is COc1cccc(CNc2nc(NCC(C)O)nc3c(C(C)C)nn(C(C)C)c23)c1O. The summed E-state index contributed by atoms with van der Waals surface area (Å²) >= 11 is 0. The molecule has 0 amide bonds. The maximum absolute atomic E-state index is 10.4. The summed E-state index contributed by atoms with van der Waals surface area (Å²) in [5.74, 6) is 1.71. The van der Waals surface area contributed by atoms with Gasteiger partial charge in [0.1, 0.15) is 11.0 Å². The van der Waals surface area contributed by atoms with Crippen molar-refractivity contribution in [3.8, 4) is 11.5 Å². The van der Waals surface area contributed by atoms with Crippen molar-refractivity contribution in [1.82, 2.24) is 19.7 Å². The molecule has 9 heteroatoms. The first kappa shape index (κ1) is 22.6. The highest BCUT2D eigenvalue weighted by Crippen LogP contribution is 2.33. The van der Waals surface area contributed by atoms with Crippen molar-refractivity contribution in [2.24, 2.45) is 0 Å². The second kappa shape index (κ2) is 9.38. The summed E-state index contributed by atoms with van der Waals surface area (Å²) in [4.78, 5) is 9.36. The number of hydrogen-bond acceptors (Lipinski definition) is 8. The normalized spacial score (nSPS) is 12.5. The summed E-state index contributed by atoms with van der Waals surface area (Å²) in [6, 6.07) is 5.48. The highest BCUT2D eigenvalue weighted by molar-refractivity contribution is 5.89. The highest BCUT2D eigenvalue weighted by atomic mass is 16.5. The number of aliphatic hydroxyl groups is 1. The molecule has 9 nitrogen and oxygen atoms in total. The van der Waals surface area contributed by atoms with Crippen LogP contribution in [-0.2, 0) is 6.54 Å². The van der Waals surface area contributed by atoms with Crippen LogP contribution in [0, 0.1) is 0 Å². The van der Waals surface area contributed by atoms with Gasteiger partial charge in [-0.05, 0) is 32.8 Å². The zero-order valence-electron chi connectivity index (χ0n) is 19.0. The molecule has 0 saturated heterocycles. The van der Waals surface area contributed by atoms with E-state index < -0.39 is 6.10 Å². The number of fused-ring (bicyclic) bond motifs is 1. The molecule has 0 aliphatic carbocycles. The first-order valence-electron chi connectivity index (χ1n) is 10.5. The molecule has 0 radical (unpaired) electrons. The Morgan fingerprint density at radius 3 is 2.45 bits per heavy atom. The fourth-order valence-electron chi connectivity index (χ4n) is 3.32. The Bertz CT molecular complexity index is 1050. The largest absolute Gasteiger partial charge is 0.504 e. The number of benzene rings is 1. The maximum atomic E-state index is 10.4. The quantitative estimate of drug-likeness (QED) is 0.408. The van der Waals surface area contributed by atoms with Crippen LogP contribution in [0.2, 0.25) is 0 Å².